The molecule has 1 rings (SSSR count). The number of hydrogen-bond acceptors (Lipinski definition) is 4. The van der Waals surface area contributed by atoms with Crippen LogP contribution in [0.1, 0.15) is 36.8 Å². The molecule has 0 aliphatic carbocycles. The molecule has 0 aliphatic rings. The minimum Gasteiger partial charge on any atom is -0.481 e. The molecule has 0 radical (unpaired) electrons. The van der Waals surface area contributed by atoms with Gasteiger partial charge in [-0.25, -0.2) is 4.98 Å². The number of thiazole rings is 1. The molecule has 0 saturated carbocycles. The minimum atomic E-state index is -0.699. The van der Waals surface area contributed by atoms with Gasteiger partial charge in [0.25, 0.3) is 0 Å². The van der Waals surface area contributed by atoms with Crippen molar-refractivity contribution < 1.29 is 9.90 Å². The average Bonchev–Trinajstić information content (AvgIpc) is 2.72. The average molecular weight is 270 g/mol. The van der Waals surface area contributed by atoms with E-state index in [1.165, 1.54) is 4.88 Å². The van der Waals surface area contributed by atoms with E-state index in [4.69, 9.17) is 5.11 Å². The van der Waals surface area contributed by atoms with Crippen molar-refractivity contribution in [3.05, 3.63) is 16.1 Å². The van der Waals surface area contributed by atoms with Crippen LogP contribution in [0.3, 0.4) is 0 Å². The van der Waals surface area contributed by atoms with Crippen molar-refractivity contribution in [2.24, 2.45) is 5.92 Å². The van der Waals surface area contributed by atoms with Gasteiger partial charge in [-0.1, -0.05) is 6.92 Å². The SMILES string of the molecule is Cc1ncsc1CCNCCC(C)CCC(=O)O. The Kier molecular flexibility index (Phi) is 6.90. The number of carbonyl (C=O) groups is 1. The molecule has 18 heavy (non-hydrogen) atoms. The summed E-state index contributed by atoms with van der Waals surface area (Å²) in [5.74, 6) is -0.228. The number of nitrogens with zero attached hydrogens (tertiary/aromatic N) is 1. The first kappa shape index (κ1) is 15.1. The lowest BCUT2D eigenvalue weighted by Gasteiger charge is -2.10. The molecule has 1 heterocycles. The Labute approximate surface area is 112 Å². The summed E-state index contributed by atoms with van der Waals surface area (Å²) in [6.45, 7) is 6.07. The molecule has 0 aromatic carbocycles. The van der Waals surface area contributed by atoms with E-state index < -0.39 is 5.97 Å². The van der Waals surface area contributed by atoms with Gasteiger partial charge in [0, 0.05) is 17.8 Å². The summed E-state index contributed by atoms with van der Waals surface area (Å²) in [6, 6.07) is 0. The highest BCUT2D eigenvalue weighted by molar-refractivity contribution is 7.09. The number of carboxylic acids is 1. The Hall–Kier alpha value is -0.940. The third-order valence-corrected chi connectivity index (χ3v) is 4.03. The third-order valence-electron chi connectivity index (χ3n) is 3.04. The summed E-state index contributed by atoms with van der Waals surface area (Å²) in [5.41, 5.74) is 3.02. The molecule has 4 nitrogen and oxygen atoms in total. The van der Waals surface area contributed by atoms with E-state index in [9.17, 15) is 4.79 Å². The Morgan fingerprint density at radius 1 is 1.50 bits per heavy atom. The number of aliphatic carboxylic acids is 1. The van der Waals surface area contributed by atoms with Gasteiger partial charge in [-0.05, 0) is 38.6 Å². The lowest BCUT2D eigenvalue weighted by molar-refractivity contribution is -0.137. The van der Waals surface area contributed by atoms with Crippen LogP contribution in [0.15, 0.2) is 5.51 Å². The topological polar surface area (TPSA) is 62.2 Å². The van der Waals surface area contributed by atoms with E-state index >= 15 is 0 Å². The maximum absolute atomic E-state index is 10.4. The molecule has 1 aromatic rings. The Bertz CT molecular complexity index is 366. The zero-order chi connectivity index (χ0) is 13.4. The molecule has 1 aromatic heterocycles. The van der Waals surface area contributed by atoms with E-state index in [-0.39, 0.29) is 6.42 Å². The van der Waals surface area contributed by atoms with Crippen molar-refractivity contribution in [1.82, 2.24) is 10.3 Å². The van der Waals surface area contributed by atoms with Gasteiger partial charge in [0.15, 0.2) is 0 Å². The number of carboxylic acid groups (broad SMARTS) is 1. The van der Waals surface area contributed by atoms with E-state index in [0.717, 1.165) is 38.0 Å². The second-order valence-electron chi connectivity index (χ2n) is 4.69. The van der Waals surface area contributed by atoms with Gasteiger partial charge >= 0.3 is 5.97 Å². The predicted molar refractivity (Wildman–Crippen MR) is 74.1 cm³/mol. The van der Waals surface area contributed by atoms with Crippen molar-refractivity contribution in [3.63, 3.8) is 0 Å². The van der Waals surface area contributed by atoms with Crippen molar-refractivity contribution in [1.29, 1.82) is 0 Å². The van der Waals surface area contributed by atoms with E-state index in [2.05, 4.69) is 17.2 Å². The third kappa shape index (κ3) is 6.12. The van der Waals surface area contributed by atoms with Gasteiger partial charge in [-0.15, -0.1) is 11.3 Å². The van der Waals surface area contributed by atoms with Crippen molar-refractivity contribution in [3.8, 4) is 0 Å². The van der Waals surface area contributed by atoms with Crippen LogP contribution in [0.4, 0.5) is 0 Å². The van der Waals surface area contributed by atoms with Gasteiger partial charge in [-0.3, -0.25) is 4.79 Å². The fourth-order valence-electron chi connectivity index (χ4n) is 1.76. The zero-order valence-corrected chi connectivity index (χ0v) is 11.9. The Morgan fingerprint density at radius 2 is 2.28 bits per heavy atom. The smallest absolute Gasteiger partial charge is 0.303 e. The van der Waals surface area contributed by atoms with Crippen LogP contribution in [0.5, 0.6) is 0 Å². The first-order valence-electron chi connectivity index (χ1n) is 6.41. The molecule has 0 saturated heterocycles. The molecule has 5 heteroatoms. The fourth-order valence-corrected chi connectivity index (χ4v) is 2.54. The summed E-state index contributed by atoms with van der Waals surface area (Å²) in [7, 11) is 0. The molecular weight excluding hydrogens is 248 g/mol. The van der Waals surface area contributed by atoms with Crippen LogP contribution < -0.4 is 5.32 Å². The van der Waals surface area contributed by atoms with Crippen LogP contribution in [0.25, 0.3) is 0 Å². The maximum atomic E-state index is 10.4. The molecule has 0 bridgehead atoms. The summed E-state index contributed by atoms with van der Waals surface area (Å²) in [4.78, 5) is 16.0. The predicted octanol–water partition coefficient (Wildman–Crippen LogP) is 2.47. The van der Waals surface area contributed by atoms with Crippen LogP contribution in [-0.4, -0.2) is 29.1 Å². The van der Waals surface area contributed by atoms with Crippen molar-refractivity contribution in [2.45, 2.75) is 39.5 Å². The lowest BCUT2D eigenvalue weighted by atomic mass is 10.0. The number of aromatic nitrogens is 1. The van der Waals surface area contributed by atoms with Crippen molar-refractivity contribution >= 4 is 17.3 Å². The first-order chi connectivity index (χ1) is 8.59. The first-order valence-corrected chi connectivity index (χ1v) is 7.29. The fraction of sp³-hybridized carbons (Fsp3) is 0.692. The standard InChI is InChI=1S/C13H22N2O2S/c1-10(3-4-13(16)17)5-7-14-8-6-12-11(2)15-9-18-12/h9-10,14H,3-8H2,1-2H3,(H,16,17). The lowest BCUT2D eigenvalue weighted by Crippen LogP contribution is -2.20. The largest absolute Gasteiger partial charge is 0.481 e. The number of aryl methyl sites for hydroxylation is 1. The monoisotopic (exact) mass is 270 g/mol. The van der Waals surface area contributed by atoms with Crippen LogP contribution in [0, 0.1) is 12.8 Å². The highest BCUT2D eigenvalue weighted by Crippen LogP contribution is 2.12. The van der Waals surface area contributed by atoms with Gasteiger partial charge in [0.1, 0.15) is 0 Å². The highest BCUT2D eigenvalue weighted by atomic mass is 32.1. The van der Waals surface area contributed by atoms with Crippen LogP contribution >= 0.6 is 11.3 Å². The van der Waals surface area contributed by atoms with Crippen LogP contribution in [0.2, 0.25) is 0 Å². The Balaban J connectivity index is 2.01. The summed E-state index contributed by atoms with van der Waals surface area (Å²) >= 11 is 1.71. The maximum Gasteiger partial charge on any atom is 0.303 e. The van der Waals surface area contributed by atoms with E-state index in [0.29, 0.717) is 5.92 Å². The highest BCUT2D eigenvalue weighted by Gasteiger charge is 2.05. The van der Waals surface area contributed by atoms with Gasteiger partial charge in [0.2, 0.25) is 0 Å². The normalized spacial score (nSPS) is 12.6. The molecule has 1 unspecified atom stereocenters. The number of nitrogens with one attached hydrogen (secondary N) is 1. The molecule has 0 aliphatic heterocycles. The molecule has 1 atom stereocenters. The van der Waals surface area contributed by atoms with Gasteiger partial charge < -0.3 is 10.4 Å². The molecule has 102 valence electrons. The number of hydrogen-bond donors (Lipinski definition) is 2. The molecule has 0 spiro atoms. The van der Waals surface area contributed by atoms with Gasteiger partial charge in [0.05, 0.1) is 11.2 Å². The summed E-state index contributed by atoms with van der Waals surface area (Å²) in [6.07, 6.45) is 3.11. The zero-order valence-electron chi connectivity index (χ0n) is 11.1. The number of rotatable bonds is 9. The Morgan fingerprint density at radius 3 is 2.89 bits per heavy atom. The molecule has 0 fully saturated rings. The summed E-state index contributed by atoms with van der Waals surface area (Å²) < 4.78 is 0. The molecule has 0 amide bonds. The second-order valence-corrected chi connectivity index (χ2v) is 5.63. The van der Waals surface area contributed by atoms with Gasteiger partial charge in [-0.2, -0.15) is 0 Å². The summed E-state index contributed by atoms with van der Waals surface area (Å²) in [5, 5.41) is 12.0. The van der Waals surface area contributed by atoms with Crippen LogP contribution in [-0.2, 0) is 11.2 Å². The molecule has 2 N–H and O–H groups in total. The molecular formula is C13H22N2O2S. The van der Waals surface area contributed by atoms with Crippen molar-refractivity contribution in [2.75, 3.05) is 13.1 Å². The minimum absolute atomic E-state index is 0.279. The van der Waals surface area contributed by atoms with E-state index in [1.54, 1.807) is 11.3 Å². The van der Waals surface area contributed by atoms with E-state index in [1.807, 2.05) is 12.4 Å². The second kappa shape index (κ2) is 8.21. The quantitative estimate of drug-likeness (QED) is 0.677.